The second-order valence-corrected chi connectivity index (χ2v) is 5.14. The number of thiophene rings is 1. The zero-order valence-electron chi connectivity index (χ0n) is 12.1. The summed E-state index contributed by atoms with van der Waals surface area (Å²) in [5, 5.41) is 7.85. The summed E-state index contributed by atoms with van der Waals surface area (Å²) in [6, 6.07) is 7.23. The molecule has 0 saturated heterocycles. The minimum absolute atomic E-state index is 0.174. The number of hydrogen-bond acceptors (Lipinski definition) is 7. The molecule has 0 aliphatic rings. The lowest BCUT2D eigenvalue weighted by atomic mass is 10.3. The maximum atomic E-state index is 5.65. The van der Waals surface area contributed by atoms with Gasteiger partial charge in [0.15, 0.2) is 6.61 Å². The fraction of sp³-hybridized carbons (Fsp3) is 0.200. The van der Waals surface area contributed by atoms with E-state index >= 15 is 0 Å². The van der Waals surface area contributed by atoms with Crippen LogP contribution in [0.1, 0.15) is 5.89 Å². The minimum atomic E-state index is 0.174. The van der Waals surface area contributed by atoms with Crippen molar-refractivity contribution in [2.75, 3.05) is 14.2 Å². The number of methoxy groups -OCH3 is 2. The third-order valence-electron chi connectivity index (χ3n) is 2.93. The predicted molar refractivity (Wildman–Crippen MR) is 81.5 cm³/mol. The molecule has 1 aromatic carbocycles. The highest BCUT2D eigenvalue weighted by Gasteiger charge is 2.10. The Labute approximate surface area is 131 Å². The molecule has 0 radical (unpaired) electrons. The monoisotopic (exact) mass is 318 g/mol. The first-order valence-corrected chi connectivity index (χ1v) is 7.44. The van der Waals surface area contributed by atoms with Gasteiger partial charge in [-0.05, 0) is 11.4 Å². The van der Waals surface area contributed by atoms with E-state index in [1.54, 1.807) is 43.8 Å². The van der Waals surface area contributed by atoms with E-state index in [0.29, 0.717) is 29.0 Å². The molecule has 0 amide bonds. The fourth-order valence-corrected chi connectivity index (χ4v) is 2.47. The third-order valence-corrected chi connectivity index (χ3v) is 3.62. The van der Waals surface area contributed by atoms with Crippen molar-refractivity contribution < 1.29 is 18.7 Å². The normalized spacial score (nSPS) is 10.5. The Morgan fingerprint density at radius 1 is 1.09 bits per heavy atom. The van der Waals surface area contributed by atoms with Crippen LogP contribution < -0.4 is 14.2 Å². The molecule has 0 atom stereocenters. The largest absolute Gasteiger partial charge is 0.496 e. The Bertz CT molecular complexity index is 718. The van der Waals surface area contributed by atoms with Crippen molar-refractivity contribution in [3.8, 4) is 28.6 Å². The summed E-state index contributed by atoms with van der Waals surface area (Å²) in [4.78, 5) is 4.29. The number of benzene rings is 1. The number of hydrogen-bond donors (Lipinski definition) is 0. The molecule has 6 nitrogen and oxygen atoms in total. The lowest BCUT2D eigenvalue weighted by molar-refractivity contribution is 0.241. The fourth-order valence-electron chi connectivity index (χ4n) is 1.83. The first-order valence-electron chi connectivity index (χ1n) is 6.49. The molecule has 0 saturated carbocycles. The first kappa shape index (κ1) is 14.4. The van der Waals surface area contributed by atoms with E-state index in [1.807, 2.05) is 16.8 Å². The topological polar surface area (TPSA) is 66.6 Å². The van der Waals surface area contributed by atoms with Crippen LogP contribution in [-0.4, -0.2) is 24.4 Å². The zero-order chi connectivity index (χ0) is 15.4. The van der Waals surface area contributed by atoms with Gasteiger partial charge in [0.05, 0.1) is 14.2 Å². The van der Waals surface area contributed by atoms with Crippen molar-refractivity contribution in [3.05, 3.63) is 40.9 Å². The minimum Gasteiger partial charge on any atom is -0.496 e. The van der Waals surface area contributed by atoms with E-state index in [1.165, 1.54) is 0 Å². The Kier molecular flexibility index (Phi) is 4.24. The molecule has 0 N–H and O–H groups in total. The van der Waals surface area contributed by atoms with Crippen molar-refractivity contribution in [2.45, 2.75) is 6.61 Å². The van der Waals surface area contributed by atoms with E-state index in [0.717, 1.165) is 5.56 Å². The van der Waals surface area contributed by atoms with Crippen molar-refractivity contribution in [1.29, 1.82) is 0 Å². The van der Waals surface area contributed by atoms with Gasteiger partial charge in [-0.3, -0.25) is 0 Å². The molecular formula is C15H14N2O4S. The molecule has 7 heteroatoms. The maximum Gasteiger partial charge on any atom is 0.264 e. The van der Waals surface area contributed by atoms with Crippen LogP contribution >= 0.6 is 11.3 Å². The zero-order valence-corrected chi connectivity index (χ0v) is 12.9. The van der Waals surface area contributed by atoms with Crippen molar-refractivity contribution in [1.82, 2.24) is 10.1 Å². The highest BCUT2D eigenvalue weighted by Crippen LogP contribution is 2.28. The summed E-state index contributed by atoms with van der Waals surface area (Å²) in [7, 11) is 3.17. The molecule has 3 aromatic rings. The molecule has 22 heavy (non-hydrogen) atoms. The van der Waals surface area contributed by atoms with Crippen LogP contribution in [0.25, 0.3) is 11.4 Å². The van der Waals surface area contributed by atoms with E-state index in [9.17, 15) is 0 Å². The molecule has 0 fully saturated rings. The van der Waals surface area contributed by atoms with E-state index < -0.39 is 0 Å². The predicted octanol–water partition coefficient (Wildman–Crippen LogP) is 3.39. The second-order valence-electron chi connectivity index (χ2n) is 4.36. The quantitative estimate of drug-likeness (QED) is 0.694. The lowest BCUT2D eigenvalue weighted by Crippen LogP contribution is -1.97. The molecule has 0 aliphatic heterocycles. The molecule has 114 valence electrons. The first-order chi connectivity index (χ1) is 10.8. The van der Waals surface area contributed by atoms with Crippen molar-refractivity contribution in [3.63, 3.8) is 0 Å². The summed E-state index contributed by atoms with van der Waals surface area (Å²) in [6.45, 7) is 0.174. The van der Waals surface area contributed by atoms with Gasteiger partial charge >= 0.3 is 0 Å². The number of rotatable bonds is 6. The second kappa shape index (κ2) is 6.48. The average Bonchev–Trinajstić information content (AvgIpc) is 3.23. The van der Waals surface area contributed by atoms with Crippen LogP contribution in [-0.2, 0) is 6.61 Å². The summed E-state index contributed by atoms with van der Waals surface area (Å²) in [5.74, 6) is 2.87. The van der Waals surface area contributed by atoms with E-state index in [2.05, 4.69) is 10.1 Å². The van der Waals surface area contributed by atoms with Gasteiger partial charge in [-0.25, -0.2) is 0 Å². The van der Waals surface area contributed by atoms with Crippen LogP contribution in [0.4, 0.5) is 0 Å². The highest BCUT2D eigenvalue weighted by atomic mass is 32.1. The molecular weight excluding hydrogens is 304 g/mol. The molecule has 0 bridgehead atoms. The summed E-state index contributed by atoms with van der Waals surface area (Å²) in [5.41, 5.74) is 0.933. The van der Waals surface area contributed by atoms with Gasteiger partial charge in [0, 0.05) is 29.1 Å². The summed E-state index contributed by atoms with van der Waals surface area (Å²) in [6.07, 6.45) is 0. The van der Waals surface area contributed by atoms with Crippen LogP contribution in [0.3, 0.4) is 0 Å². The highest BCUT2D eigenvalue weighted by molar-refractivity contribution is 7.08. The van der Waals surface area contributed by atoms with Gasteiger partial charge in [0.2, 0.25) is 5.82 Å². The Balaban J connectivity index is 1.70. The molecule has 0 spiro atoms. The third kappa shape index (κ3) is 3.20. The lowest BCUT2D eigenvalue weighted by Gasteiger charge is -2.08. The number of ether oxygens (including phenoxy) is 3. The molecule has 0 aliphatic carbocycles. The maximum absolute atomic E-state index is 5.65. The smallest absolute Gasteiger partial charge is 0.264 e. The van der Waals surface area contributed by atoms with Crippen LogP contribution in [0.2, 0.25) is 0 Å². The Hall–Kier alpha value is -2.54. The summed E-state index contributed by atoms with van der Waals surface area (Å²) >= 11 is 1.58. The van der Waals surface area contributed by atoms with Gasteiger partial charge in [0.1, 0.15) is 17.2 Å². The van der Waals surface area contributed by atoms with Gasteiger partial charge in [-0.2, -0.15) is 16.3 Å². The molecule has 0 unspecified atom stereocenters. The number of nitrogens with zero attached hydrogens (tertiary/aromatic N) is 2. The standard InChI is InChI=1S/C15H14N2O4S/c1-18-11-5-12(19-2)7-13(6-11)20-8-14-16-15(17-21-14)10-3-4-22-9-10/h3-7,9H,8H2,1-2H3. The molecule has 2 aromatic heterocycles. The van der Waals surface area contributed by atoms with E-state index in [4.69, 9.17) is 18.7 Å². The van der Waals surface area contributed by atoms with Crippen molar-refractivity contribution in [2.24, 2.45) is 0 Å². The van der Waals surface area contributed by atoms with E-state index in [-0.39, 0.29) is 6.61 Å². The summed E-state index contributed by atoms with van der Waals surface area (Å²) < 4.78 is 21.2. The Morgan fingerprint density at radius 3 is 2.45 bits per heavy atom. The van der Waals surface area contributed by atoms with Crippen LogP contribution in [0, 0.1) is 0 Å². The van der Waals surface area contributed by atoms with Crippen molar-refractivity contribution >= 4 is 11.3 Å². The molecule has 2 heterocycles. The van der Waals surface area contributed by atoms with Gasteiger partial charge < -0.3 is 18.7 Å². The van der Waals surface area contributed by atoms with Crippen LogP contribution in [0.15, 0.2) is 39.5 Å². The van der Waals surface area contributed by atoms with Gasteiger partial charge in [0.25, 0.3) is 5.89 Å². The Morgan fingerprint density at radius 2 is 1.82 bits per heavy atom. The van der Waals surface area contributed by atoms with Gasteiger partial charge in [-0.15, -0.1) is 0 Å². The average molecular weight is 318 g/mol. The van der Waals surface area contributed by atoms with Crippen LogP contribution in [0.5, 0.6) is 17.2 Å². The SMILES string of the molecule is COc1cc(OC)cc(OCc2nc(-c3ccsc3)no2)c1. The van der Waals surface area contributed by atoms with Gasteiger partial charge in [-0.1, -0.05) is 5.16 Å². The number of aromatic nitrogens is 2. The molecule has 3 rings (SSSR count).